The average molecular weight is 406 g/mol. The molecule has 4 heterocycles. The average Bonchev–Trinajstić information content (AvgIpc) is 3.16. The van der Waals surface area contributed by atoms with Crippen LogP contribution in [0.25, 0.3) is 22.0 Å². The van der Waals surface area contributed by atoms with Crippen LogP contribution in [-0.2, 0) is 7.05 Å². The molecule has 0 saturated carbocycles. The van der Waals surface area contributed by atoms with Crippen molar-refractivity contribution in [2.24, 2.45) is 7.05 Å². The highest BCUT2D eigenvalue weighted by Crippen LogP contribution is 2.39. The topological polar surface area (TPSA) is 116 Å². The van der Waals surface area contributed by atoms with E-state index in [2.05, 4.69) is 30.7 Å². The summed E-state index contributed by atoms with van der Waals surface area (Å²) in [6.45, 7) is 3.10. The first-order valence-electron chi connectivity index (χ1n) is 9.38. The van der Waals surface area contributed by atoms with Gasteiger partial charge >= 0.3 is 0 Å². The second kappa shape index (κ2) is 6.83. The maximum absolute atomic E-state index is 15.2. The van der Waals surface area contributed by atoms with Gasteiger partial charge in [0.25, 0.3) is 0 Å². The van der Waals surface area contributed by atoms with Gasteiger partial charge in [-0.1, -0.05) is 0 Å². The summed E-state index contributed by atoms with van der Waals surface area (Å²) >= 11 is 0. The molecule has 1 aromatic carbocycles. The first kappa shape index (κ1) is 18.1. The Morgan fingerprint density at radius 3 is 2.90 bits per heavy atom. The second-order valence-electron chi connectivity index (χ2n) is 7.06. The molecule has 1 aliphatic rings. The molecule has 0 unspecified atom stereocenters. The van der Waals surface area contributed by atoms with Crippen molar-refractivity contribution in [1.82, 2.24) is 24.7 Å². The molecule has 0 saturated heterocycles. The molecule has 10 heteroatoms. The summed E-state index contributed by atoms with van der Waals surface area (Å²) in [6.07, 6.45) is 6.57. The Labute approximate surface area is 171 Å². The highest BCUT2D eigenvalue weighted by Gasteiger charge is 2.21. The van der Waals surface area contributed by atoms with Crippen LogP contribution in [-0.4, -0.2) is 37.9 Å². The van der Waals surface area contributed by atoms with Gasteiger partial charge in [0.2, 0.25) is 11.8 Å². The molecule has 5 rings (SSSR count). The molecular formula is C20H19FN8O. The molecule has 0 fully saturated rings. The predicted molar refractivity (Wildman–Crippen MR) is 112 cm³/mol. The Bertz CT molecular complexity index is 1290. The Balaban J connectivity index is 1.63. The van der Waals surface area contributed by atoms with Gasteiger partial charge in [-0.2, -0.15) is 5.10 Å². The summed E-state index contributed by atoms with van der Waals surface area (Å²) in [5.74, 6) is 0.352. The van der Waals surface area contributed by atoms with E-state index in [1.807, 2.05) is 14.0 Å². The molecular weight excluding hydrogens is 387 g/mol. The summed E-state index contributed by atoms with van der Waals surface area (Å²) in [4.78, 5) is 13.1. The lowest BCUT2D eigenvalue weighted by Gasteiger charge is -2.22. The van der Waals surface area contributed by atoms with E-state index in [0.29, 0.717) is 47.0 Å². The van der Waals surface area contributed by atoms with Gasteiger partial charge in [-0.05, 0) is 18.6 Å². The van der Waals surface area contributed by atoms with E-state index in [4.69, 9.17) is 10.5 Å². The number of ether oxygens (including phenoxy) is 1. The lowest BCUT2D eigenvalue weighted by molar-refractivity contribution is 0.310. The van der Waals surface area contributed by atoms with Gasteiger partial charge in [-0.3, -0.25) is 4.68 Å². The number of rotatable bonds is 3. The van der Waals surface area contributed by atoms with E-state index >= 15 is 4.39 Å². The fraction of sp³-hybridized carbons (Fsp3) is 0.200. The number of hydrogen-bond donors (Lipinski definition) is 3. The minimum atomic E-state index is -0.527. The fourth-order valence-corrected chi connectivity index (χ4v) is 3.54. The van der Waals surface area contributed by atoms with Gasteiger partial charge in [-0.25, -0.2) is 19.3 Å². The molecule has 4 aromatic rings. The van der Waals surface area contributed by atoms with E-state index in [-0.39, 0.29) is 5.69 Å². The standard InChI is InChI=1S/C20H19FN8O/c1-10-13(7-24-19-18(10)23-3-4-30-19)12-5-15-14(17(22)16(12)21)8-25-20(28-15)27-11-6-26-29(2)9-11/h5-9,23H,3-4,22H2,1-2H3,(H,25,27,28). The van der Waals surface area contributed by atoms with E-state index in [0.717, 1.165) is 16.9 Å². The minimum absolute atomic E-state index is 0.00300. The highest BCUT2D eigenvalue weighted by molar-refractivity contribution is 5.96. The lowest BCUT2D eigenvalue weighted by atomic mass is 9.98. The summed E-state index contributed by atoms with van der Waals surface area (Å²) < 4.78 is 22.4. The maximum atomic E-state index is 15.2. The lowest BCUT2D eigenvalue weighted by Crippen LogP contribution is -2.20. The Morgan fingerprint density at radius 1 is 1.23 bits per heavy atom. The number of nitrogens with zero attached hydrogens (tertiary/aromatic N) is 5. The van der Waals surface area contributed by atoms with E-state index in [9.17, 15) is 0 Å². The SMILES string of the molecule is Cc1c(-c2cc3nc(Nc4cnn(C)c4)ncc3c(N)c2F)cnc2c1NCCO2. The number of hydrogen-bond acceptors (Lipinski definition) is 8. The zero-order chi connectivity index (χ0) is 20.8. The molecule has 0 aliphatic carbocycles. The van der Waals surface area contributed by atoms with Crippen LogP contribution in [0.5, 0.6) is 5.88 Å². The predicted octanol–water partition coefficient (Wildman–Crippen LogP) is 3.00. The molecule has 0 bridgehead atoms. The van der Waals surface area contributed by atoms with Crippen molar-refractivity contribution in [1.29, 1.82) is 0 Å². The fourth-order valence-electron chi connectivity index (χ4n) is 3.54. The quantitative estimate of drug-likeness (QED) is 0.445. The van der Waals surface area contributed by atoms with Crippen LogP contribution < -0.4 is 21.1 Å². The second-order valence-corrected chi connectivity index (χ2v) is 7.06. The van der Waals surface area contributed by atoms with Crippen LogP contribution in [0, 0.1) is 12.7 Å². The van der Waals surface area contributed by atoms with Crippen LogP contribution in [0.1, 0.15) is 5.56 Å². The largest absolute Gasteiger partial charge is 0.474 e. The van der Waals surface area contributed by atoms with Crippen LogP contribution >= 0.6 is 0 Å². The molecule has 0 spiro atoms. The van der Waals surface area contributed by atoms with Crippen molar-refractivity contribution in [2.45, 2.75) is 6.92 Å². The summed E-state index contributed by atoms with van der Waals surface area (Å²) in [6, 6.07) is 1.66. The Morgan fingerprint density at radius 2 is 2.10 bits per heavy atom. The molecule has 0 atom stereocenters. The van der Waals surface area contributed by atoms with Crippen LogP contribution in [0.3, 0.4) is 0 Å². The smallest absolute Gasteiger partial charge is 0.237 e. The monoisotopic (exact) mass is 406 g/mol. The van der Waals surface area contributed by atoms with Crippen molar-refractivity contribution in [2.75, 3.05) is 29.5 Å². The van der Waals surface area contributed by atoms with Crippen molar-refractivity contribution >= 4 is 33.9 Å². The number of nitrogen functional groups attached to an aromatic ring is 1. The van der Waals surface area contributed by atoms with Crippen molar-refractivity contribution in [3.05, 3.63) is 42.2 Å². The summed E-state index contributed by atoms with van der Waals surface area (Å²) in [7, 11) is 1.82. The number of nitrogens with two attached hydrogens (primary N) is 1. The Kier molecular flexibility index (Phi) is 4.12. The third-order valence-corrected chi connectivity index (χ3v) is 5.06. The molecule has 4 N–H and O–H groups in total. The zero-order valence-corrected chi connectivity index (χ0v) is 16.4. The van der Waals surface area contributed by atoms with Crippen LogP contribution in [0.2, 0.25) is 0 Å². The number of pyridine rings is 1. The van der Waals surface area contributed by atoms with Crippen molar-refractivity contribution < 1.29 is 9.13 Å². The van der Waals surface area contributed by atoms with Crippen LogP contribution in [0.15, 0.2) is 30.9 Å². The van der Waals surface area contributed by atoms with E-state index in [1.165, 1.54) is 6.20 Å². The third-order valence-electron chi connectivity index (χ3n) is 5.06. The van der Waals surface area contributed by atoms with Gasteiger partial charge in [0.05, 0.1) is 23.1 Å². The maximum Gasteiger partial charge on any atom is 0.237 e. The number of aryl methyl sites for hydroxylation is 1. The molecule has 152 valence electrons. The molecule has 0 radical (unpaired) electrons. The van der Waals surface area contributed by atoms with Gasteiger partial charge in [0.1, 0.15) is 12.3 Å². The van der Waals surface area contributed by atoms with Gasteiger partial charge in [-0.15, -0.1) is 0 Å². The molecule has 0 amide bonds. The van der Waals surface area contributed by atoms with Crippen molar-refractivity contribution in [3.63, 3.8) is 0 Å². The Hall–Kier alpha value is -3.95. The first-order chi connectivity index (χ1) is 14.5. The minimum Gasteiger partial charge on any atom is -0.474 e. The van der Waals surface area contributed by atoms with Crippen molar-refractivity contribution in [3.8, 4) is 17.0 Å². The van der Waals surface area contributed by atoms with Gasteiger partial charge < -0.3 is 21.1 Å². The number of halogens is 1. The summed E-state index contributed by atoms with van der Waals surface area (Å²) in [5.41, 5.74) is 9.91. The number of aromatic nitrogens is 5. The number of nitrogens with one attached hydrogen (secondary N) is 2. The molecule has 9 nitrogen and oxygen atoms in total. The molecule has 30 heavy (non-hydrogen) atoms. The number of benzene rings is 1. The van der Waals surface area contributed by atoms with E-state index < -0.39 is 5.82 Å². The normalized spacial score (nSPS) is 12.9. The first-order valence-corrected chi connectivity index (χ1v) is 9.38. The number of anilines is 4. The van der Waals surface area contributed by atoms with Gasteiger partial charge in [0, 0.05) is 48.7 Å². The van der Waals surface area contributed by atoms with Crippen LogP contribution in [0.4, 0.5) is 27.4 Å². The molecule has 3 aromatic heterocycles. The van der Waals surface area contributed by atoms with Gasteiger partial charge in [0.15, 0.2) is 5.82 Å². The van der Waals surface area contributed by atoms with E-state index in [1.54, 1.807) is 29.3 Å². The molecule has 1 aliphatic heterocycles. The zero-order valence-electron chi connectivity index (χ0n) is 16.4. The highest BCUT2D eigenvalue weighted by atomic mass is 19.1. The summed E-state index contributed by atoms with van der Waals surface area (Å²) in [5, 5.41) is 10.9. The number of fused-ring (bicyclic) bond motifs is 2. The third kappa shape index (κ3) is 2.93.